The van der Waals surface area contributed by atoms with Gasteiger partial charge in [-0.05, 0) is 13.8 Å². The van der Waals surface area contributed by atoms with Gasteiger partial charge in [-0.15, -0.1) is 0 Å². The Kier molecular flexibility index (Phi) is 5.23. The standard InChI is InChI=1S/C13H25N3O3S2/c1-13(2,15-6-4-14-5-7-15)12(17)16-8-9-20-10-11(16)21(3,18)19/h11,14H,4-10H2,1-3H3. The number of nitrogens with zero attached hydrogens (tertiary/aromatic N) is 2. The van der Waals surface area contributed by atoms with Crippen molar-refractivity contribution in [3.8, 4) is 0 Å². The van der Waals surface area contributed by atoms with Crippen molar-refractivity contribution in [2.75, 3.05) is 50.5 Å². The summed E-state index contributed by atoms with van der Waals surface area (Å²) in [6.45, 7) is 7.67. The van der Waals surface area contributed by atoms with Crippen LogP contribution in [0.15, 0.2) is 0 Å². The molecule has 2 fully saturated rings. The summed E-state index contributed by atoms with van der Waals surface area (Å²) in [5.74, 6) is 1.21. The fourth-order valence-electron chi connectivity index (χ4n) is 2.88. The Hall–Kier alpha value is -0.310. The van der Waals surface area contributed by atoms with Gasteiger partial charge in [0.05, 0.1) is 5.54 Å². The van der Waals surface area contributed by atoms with Crippen LogP contribution in [0.4, 0.5) is 0 Å². The van der Waals surface area contributed by atoms with Gasteiger partial charge in [-0.25, -0.2) is 8.42 Å². The number of thioether (sulfide) groups is 1. The first kappa shape index (κ1) is 17.1. The quantitative estimate of drug-likeness (QED) is 0.758. The molecule has 1 unspecified atom stereocenters. The third-order valence-electron chi connectivity index (χ3n) is 4.27. The van der Waals surface area contributed by atoms with Gasteiger partial charge in [0, 0.05) is 50.5 Å². The van der Waals surface area contributed by atoms with Gasteiger partial charge < -0.3 is 10.2 Å². The van der Waals surface area contributed by atoms with Crippen LogP contribution in [0.2, 0.25) is 0 Å². The Balaban J connectivity index is 2.19. The lowest BCUT2D eigenvalue weighted by Gasteiger charge is -2.45. The molecule has 6 nitrogen and oxygen atoms in total. The molecule has 2 heterocycles. The van der Waals surface area contributed by atoms with Crippen LogP contribution >= 0.6 is 11.8 Å². The number of sulfone groups is 1. The number of hydrogen-bond acceptors (Lipinski definition) is 6. The van der Waals surface area contributed by atoms with Gasteiger partial charge in [-0.3, -0.25) is 9.69 Å². The van der Waals surface area contributed by atoms with Gasteiger partial charge >= 0.3 is 0 Å². The summed E-state index contributed by atoms with van der Waals surface area (Å²) in [5.41, 5.74) is -0.660. The van der Waals surface area contributed by atoms with Crippen molar-refractivity contribution in [3.63, 3.8) is 0 Å². The molecular weight excluding hydrogens is 310 g/mol. The fourth-order valence-corrected chi connectivity index (χ4v) is 5.69. The second kappa shape index (κ2) is 6.44. The van der Waals surface area contributed by atoms with Crippen molar-refractivity contribution >= 4 is 27.5 Å². The third-order valence-corrected chi connectivity index (χ3v) is 6.91. The van der Waals surface area contributed by atoms with E-state index in [2.05, 4.69) is 10.2 Å². The molecule has 1 atom stereocenters. The van der Waals surface area contributed by atoms with E-state index < -0.39 is 20.8 Å². The second-order valence-corrected chi connectivity index (χ2v) is 9.51. The van der Waals surface area contributed by atoms with Crippen molar-refractivity contribution in [1.29, 1.82) is 0 Å². The number of carbonyl (C=O) groups excluding carboxylic acids is 1. The van der Waals surface area contributed by atoms with Gasteiger partial charge in [-0.1, -0.05) is 0 Å². The summed E-state index contributed by atoms with van der Waals surface area (Å²) >= 11 is 1.60. The first-order valence-corrected chi connectivity index (χ1v) is 10.4. The highest BCUT2D eigenvalue weighted by molar-refractivity contribution is 8.00. The third kappa shape index (κ3) is 3.72. The van der Waals surface area contributed by atoms with Crippen molar-refractivity contribution in [2.24, 2.45) is 0 Å². The van der Waals surface area contributed by atoms with Crippen molar-refractivity contribution < 1.29 is 13.2 Å². The minimum absolute atomic E-state index is 0.0693. The number of rotatable bonds is 3. The van der Waals surface area contributed by atoms with Crippen LogP contribution in [-0.2, 0) is 14.6 Å². The fraction of sp³-hybridized carbons (Fsp3) is 0.923. The molecule has 21 heavy (non-hydrogen) atoms. The Morgan fingerprint density at radius 1 is 1.24 bits per heavy atom. The van der Waals surface area contributed by atoms with E-state index in [0.717, 1.165) is 31.9 Å². The van der Waals surface area contributed by atoms with E-state index in [9.17, 15) is 13.2 Å². The van der Waals surface area contributed by atoms with Crippen LogP contribution < -0.4 is 5.32 Å². The first-order valence-electron chi connectivity index (χ1n) is 7.28. The summed E-state index contributed by atoms with van der Waals surface area (Å²) in [6, 6.07) is 0. The minimum atomic E-state index is -3.26. The molecule has 0 radical (unpaired) electrons. The van der Waals surface area contributed by atoms with E-state index in [1.807, 2.05) is 13.8 Å². The average Bonchev–Trinajstić information content (AvgIpc) is 2.46. The maximum atomic E-state index is 13.0. The highest BCUT2D eigenvalue weighted by Crippen LogP contribution is 2.26. The van der Waals surface area contributed by atoms with E-state index in [-0.39, 0.29) is 5.91 Å². The summed E-state index contributed by atoms with van der Waals surface area (Å²) < 4.78 is 23.9. The Bertz CT molecular complexity index is 487. The highest BCUT2D eigenvalue weighted by atomic mass is 32.2. The molecule has 0 aliphatic carbocycles. The summed E-state index contributed by atoms with van der Waals surface area (Å²) in [5, 5.41) is 2.58. The number of piperazine rings is 1. The zero-order chi connectivity index (χ0) is 15.7. The lowest BCUT2D eigenvalue weighted by molar-refractivity contribution is -0.143. The molecule has 8 heteroatoms. The maximum Gasteiger partial charge on any atom is 0.243 e. The van der Waals surface area contributed by atoms with E-state index in [1.54, 1.807) is 16.7 Å². The SMILES string of the molecule is CC(C)(C(=O)N1CCSCC1S(C)(=O)=O)N1CCNCC1. The molecule has 0 aromatic carbocycles. The van der Waals surface area contributed by atoms with Gasteiger partial charge in [0.2, 0.25) is 5.91 Å². The van der Waals surface area contributed by atoms with Crippen molar-refractivity contribution in [1.82, 2.24) is 15.1 Å². The summed E-state index contributed by atoms with van der Waals surface area (Å²) in [6.07, 6.45) is 1.22. The number of amides is 1. The van der Waals surface area contributed by atoms with Crippen molar-refractivity contribution in [3.05, 3.63) is 0 Å². The van der Waals surface area contributed by atoms with Crippen molar-refractivity contribution in [2.45, 2.75) is 24.8 Å². The molecule has 1 amide bonds. The molecule has 0 aromatic heterocycles. The molecule has 2 aliphatic rings. The molecular formula is C13H25N3O3S2. The highest BCUT2D eigenvalue weighted by Gasteiger charge is 2.43. The average molecular weight is 335 g/mol. The van der Waals surface area contributed by atoms with Gasteiger partial charge in [0.15, 0.2) is 9.84 Å². The maximum absolute atomic E-state index is 13.0. The Morgan fingerprint density at radius 3 is 2.43 bits per heavy atom. The molecule has 2 aliphatic heterocycles. The monoisotopic (exact) mass is 335 g/mol. The molecule has 0 spiro atoms. The number of hydrogen-bond donors (Lipinski definition) is 1. The van der Waals surface area contributed by atoms with Gasteiger partial charge in [0.1, 0.15) is 5.37 Å². The largest absolute Gasteiger partial charge is 0.322 e. The topological polar surface area (TPSA) is 69.7 Å². The number of carbonyl (C=O) groups is 1. The van der Waals surface area contributed by atoms with E-state index in [4.69, 9.17) is 0 Å². The molecule has 0 bridgehead atoms. The molecule has 2 saturated heterocycles. The normalized spacial score (nSPS) is 25.9. The van der Waals surface area contributed by atoms with E-state index in [0.29, 0.717) is 12.3 Å². The smallest absolute Gasteiger partial charge is 0.243 e. The van der Waals surface area contributed by atoms with Crippen LogP contribution in [0.5, 0.6) is 0 Å². The number of nitrogens with one attached hydrogen (secondary N) is 1. The molecule has 1 N–H and O–H groups in total. The zero-order valence-corrected chi connectivity index (χ0v) is 14.6. The zero-order valence-electron chi connectivity index (χ0n) is 13.0. The first-order chi connectivity index (χ1) is 9.74. The van der Waals surface area contributed by atoms with Crippen LogP contribution in [0, 0.1) is 0 Å². The van der Waals surface area contributed by atoms with Crippen LogP contribution in [0.25, 0.3) is 0 Å². The molecule has 122 valence electrons. The molecule has 0 aromatic rings. The van der Waals surface area contributed by atoms with Crippen LogP contribution in [-0.4, -0.2) is 85.5 Å². The molecule has 0 saturated carbocycles. The van der Waals surface area contributed by atoms with Crippen LogP contribution in [0.3, 0.4) is 0 Å². The van der Waals surface area contributed by atoms with Gasteiger partial charge in [-0.2, -0.15) is 11.8 Å². The summed E-state index contributed by atoms with van der Waals surface area (Å²) in [4.78, 5) is 16.7. The Morgan fingerprint density at radius 2 is 1.86 bits per heavy atom. The lowest BCUT2D eigenvalue weighted by Crippen LogP contribution is -2.63. The predicted octanol–water partition coefficient (Wildman–Crippen LogP) is -0.384. The second-order valence-electron chi connectivity index (χ2n) is 6.15. The van der Waals surface area contributed by atoms with Gasteiger partial charge in [0.25, 0.3) is 0 Å². The summed E-state index contributed by atoms with van der Waals surface area (Å²) in [7, 11) is -3.26. The minimum Gasteiger partial charge on any atom is -0.322 e. The van der Waals surface area contributed by atoms with Crippen LogP contribution in [0.1, 0.15) is 13.8 Å². The lowest BCUT2D eigenvalue weighted by atomic mass is 9.99. The Labute approximate surface area is 131 Å². The van der Waals surface area contributed by atoms with E-state index in [1.165, 1.54) is 6.26 Å². The van der Waals surface area contributed by atoms with E-state index >= 15 is 0 Å². The molecule has 2 rings (SSSR count). The predicted molar refractivity (Wildman–Crippen MR) is 86.2 cm³/mol.